The molecule has 0 aliphatic carbocycles. The van der Waals surface area contributed by atoms with Crippen molar-refractivity contribution < 1.29 is 0 Å². The summed E-state index contributed by atoms with van der Waals surface area (Å²) in [6.45, 7) is 5.14. The lowest BCUT2D eigenvalue weighted by Gasteiger charge is -2.18. The van der Waals surface area contributed by atoms with Gasteiger partial charge in [-0.05, 0) is 32.4 Å². The second-order valence-corrected chi connectivity index (χ2v) is 5.94. The first-order valence-electron chi connectivity index (χ1n) is 7.48. The monoisotopic (exact) mass is 305 g/mol. The Balaban J connectivity index is 2.30. The minimum atomic E-state index is 0.396. The Bertz CT molecular complexity index is 604. The van der Waals surface area contributed by atoms with Gasteiger partial charge in [-0.3, -0.25) is 4.68 Å². The van der Waals surface area contributed by atoms with E-state index in [0.29, 0.717) is 5.92 Å². The fourth-order valence-corrected chi connectivity index (χ4v) is 3.12. The van der Waals surface area contributed by atoms with E-state index in [0.717, 1.165) is 35.8 Å². The first kappa shape index (κ1) is 16.1. The van der Waals surface area contributed by atoms with E-state index in [1.807, 2.05) is 18.8 Å². The van der Waals surface area contributed by atoms with E-state index in [9.17, 15) is 0 Å². The minimum Gasteiger partial charge on any atom is -0.319 e. The molecule has 0 fully saturated rings. The van der Waals surface area contributed by atoms with Gasteiger partial charge in [0.25, 0.3) is 0 Å². The predicted molar refractivity (Wildman–Crippen MR) is 89.1 cm³/mol. The summed E-state index contributed by atoms with van der Waals surface area (Å²) in [5.74, 6) is 0.396. The zero-order chi connectivity index (χ0) is 15.4. The van der Waals surface area contributed by atoms with Crippen LogP contribution >= 0.6 is 11.6 Å². The van der Waals surface area contributed by atoms with Crippen LogP contribution in [0, 0.1) is 6.92 Å². The van der Waals surface area contributed by atoms with Gasteiger partial charge in [-0.25, -0.2) is 0 Å². The molecule has 0 bridgehead atoms. The van der Waals surface area contributed by atoms with Gasteiger partial charge in [0.2, 0.25) is 0 Å². The number of likely N-dealkylation sites (N-methyl/N-ethyl adjacent to an activating group) is 1. The standard InChI is InChI=1S/C17H24ClN3/c1-5-15-17(18)16(21(4)20-15)10-14(11-19-3)13-8-6-7-12(2)9-13/h6-9,14,19H,5,10-11H2,1-4H3. The molecule has 114 valence electrons. The Labute approximate surface area is 132 Å². The van der Waals surface area contributed by atoms with Gasteiger partial charge in [0.05, 0.1) is 16.4 Å². The Hall–Kier alpha value is -1.32. The number of benzene rings is 1. The van der Waals surface area contributed by atoms with Crippen LogP contribution in [0.4, 0.5) is 0 Å². The molecule has 1 heterocycles. The van der Waals surface area contributed by atoms with Gasteiger partial charge < -0.3 is 5.32 Å². The third-order valence-electron chi connectivity index (χ3n) is 3.91. The molecule has 1 N–H and O–H groups in total. The molecule has 1 aromatic heterocycles. The van der Waals surface area contributed by atoms with Crippen LogP contribution in [0.5, 0.6) is 0 Å². The molecule has 0 radical (unpaired) electrons. The first-order chi connectivity index (χ1) is 10.1. The predicted octanol–water partition coefficient (Wildman–Crippen LogP) is 3.49. The van der Waals surface area contributed by atoms with Gasteiger partial charge in [0.1, 0.15) is 0 Å². The second kappa shape index (κ2) is 7.10. The average Bonchev–Trinajstić information content (AvgIpc) is 2.74. The van der Waals surface area contributed by atoms with Crippen molar-refractivity contribution in [3.63, 3.8) is 0 Å². The van der Waals surface area contributed by atoms with Gasteiger partial charge in [-0.15, -0.1) is 0 Å². The van der Waals surface area contributed by atoms with Crippen LogP contribution in [0.2, 0.25) is 5.02 Å². The van der Waals surface area contributed by atoms with Crippen molar-refractivity contribution in [2.75, 3.05) is 13.6 Å². The molecular formula is C17H24ClN3. The summed E-state index contributed by atoms with van der Waals surface area (Å²) in [4.78, 5) is 0. The first-order valence-corrected chi connectivity index (χ1v) is 7.86. The van der Waals surface area contributed by atoms with E-state index in [2.05, 4.69) is 48.5 Å². The number of aromatic nitrogens is 2. The van der Waals surface area contributed by atoms with Crippen LogP contribution in [0.1, 0.15) is 35.4 Å². The van der Waals surface area contributed by atoms with Gasteiger partial charge >= 0.3 is 0 Å². The van der Waals surface area contributed by atoms with E-state index >= 15 is 0 Å². The van der Waals surface area contributed by atoms with E-state index in [4.69, 9.17) is 11.6 Å². The van der Waals surface area contributed by atoms with Gasteiger partial charge in [0.15, 0.2) is 0 Å². The van der Waals surface area contributed by atoms with Crippen LogP contribution in [-0.2, 0) is 19.9 Å². The van der Waals surface area contributed by atoms with E-state index in [-0.39, 0.29) is 0 Å². The Kier molecular flexibility index (Phi) is 5.43. The molecular weight excluding hydrogens is 282 g/mol. The zero-order valence-electron chi connectivity index (χ0n) is 13.3. The van der Waals surface area contributed by atoms with Crippen molar-refractivity contribution in [2.45, 2.75) is 32.6 Å². The fourth-order valence-electron chi connectivity index (χ4n) is 2.75. The Morgan fingerprint density at radius 3 is 2.71 bits per heavy atom. The third-order valence-corrected chi connectivity index (χ3v) is 4.34. The molecule has 4 heteroatoms. The molecule has 0 aliphatic rings. The lowest BCUT2D eigenvalue weighted by Crippen LogP contribution is -2.20. The average molecular weight is 306 g/mol. The molecule has 1 unspecified atom stereocenters. The zero-order valence-corrected chi connectivity index (χ0v) is 14.0. The van der Waals surface area contributed by atoms with Gasteiger partial charge in [0, 0.05) is 19.5 Å². The second-order valence-electron chi connectivity index (χ2n) is 5.56. The lowest BCUT2D eigenvalue weighted by molar-refractivity contribution is 0.590. The number of nitrogens with zero attached hydrogens (tertiary/aromatic N) is 2. The van der Waals surface area contributed by atoms with E-state index in [1.165, 1.54) is 11.1 Å². The largest absolute Gasteiger partial charge is 0.319 e. The summed E-state index contributed by atoms with van der Waals surface area (Å²) in [5.41, 5.74) is 4.75. The van der Waals surface area contributed by atoms with Crippen molar-refractivity contribution in [1.82, 2.24) is 15.1 Å². The molecule has 1 aromatic carbocycles. The maximum atomic E-state index is 6.49. The maximum Gasteiger partial charge on any atom is 0.0849 e. The number of aryl methyl sites for hydroxylation is 3. The number of halogens is 1. The summed E-state index contributed by atoms with van der Waals surface area (Å²) >= 11 is 6.49. The van der Waals surface area contributed by atoms with Crippen molar-refractivity contribution in [1.29, 1.82) is 0 Å². The molecule has 2 rings (SSSR count). The summed E-state index contributed by atoms with van der Waals surface area (Å²) < 4.78 is 1.93. The van der Waals surface area contributed by atoms with Crippen molar-refractivity contribution in [2.24, 2.45) is 7.05 Å². The smallest absolute Gasteiger partial charge is 0.0849 e. The molecule has 1 atom stereocenters. The summed E-state index contributed by atoms with van der Waals surface area (Å²) in [5, 5.41) is 8.64. The number of hydrogen-bond acceptors (Lipinski definition) is 2. The normalized spacial score (nSPS) is 12.6. The highest BCUT2D eigenvalue weighted by atomic mass is 35.5. The topological polar surface area (TPSA) is 29.9 Å². The Morgan fingerprint density at radius 1 is 1.38 bits per heavy atom. The number of rotatable bonds is 6. The molecule has 0 saturated carbocycles. The van der Waals surface area contributed by atoms with Crippen LogP contribution in [0.15, 0.2) is 24.3 Å². The minimum absolute atomic E-state index is 0.396. The fraction of sp³-hybridized carbons (Fsp3) is 0.471. The van der Waals surface area contributed by atoms with E-state index < -0.39 is 0 Å². The highest BCUT2D eigenvalue weighted by Gasteiger charge is 2.19. The molecule has 0 saturated heterocycles. The maximum absolute atomic E-state index is 6.49. The molecule has 0 amide bonds. The SMILES string of the molecule is CCc1nn(C)c(CC(CNC)c2cccc(C)c2)c1Cl. The van der Waals surface area contributed by atoms with Crippen LogP contribution in [0.25, 0.3) is 0 Å². The van der Waals surface area contributed by atoms with Gasteiger partial charge in [-0.2, -0.15) is 5.10 Å². The summed E-state index contributed by atoms with van der Waals surface area (Å²) in [7, 11) is 3.97. The molecule has 21 heavy (non-hydrogen) atoms. The van der Waals surface area contributed by atoms with Crippen LogP contribution < -0.4 is 5.32 Å². The number of hydrogen-bond donors (Lipinski definition) is 1. The van der Waals surface area contributed by atoms with E-state index in [1.54, 1.807) is 0 Å². The third kappa shape index (κ3) is 3.66. The van der Waals surface area contributed by atoms with Crippen molar-refractivity contribution >= 4 is 11.6 Å². The molecule has 2 aromatic rings. The van der Waals surface area contributed by atoms with Crippen molar-refractivity contribution in [3.05, 3.63) is 51.8 Å². The lowest BCUT2D eigenvalue weighted by atomic mass is 9.92. The quantitative estimate of drug-likeness (QED) is 0.885. The molecule has 0 spiro atoms. The Morgan fingerprint density at radius 2 is 2.14 bits per heavy atom. The van der Waals surface area contributed by atoms with Crippen molar-refractivity contribution in [3.8, 4) is 0 Å². The highest BCUT2D eigenvalue weighted by molar-refractivity contribution is 6.31. The van der Waals surface area contributed by atoms with Crippen LogP contribution in [0.3, 0.4) is 0 Å². The summed E-state index contributed by atoms with van der Waals surface area (Å²) in [6.07, 6.45) is 1.76. The van der Waals surface area contributed by atoms with Gasteiger partial charge in [-0.1, -0.05) is 48.4 Å². The number of nitrogens with one attached hydrogen (secondary N) is 1. The summed E-state index contributed by atoms with van der Waals surface area (Å²) in [6, 6.07) is 8.70. The highest BCUT2D eigenvalue weighted by Crippen LogP contribution is 2.27. The molecule has 0 aliphatic heterocycles. The van der Waals surface area contributed by atoms with Crippen LogP contribution in [-0.4, -0.2) is 23.4 Å². The molecule has 3 nitrogen and oxygen atoms in total.